The second-order valence-electron chi connectivity index (χ2n) is 3.69. The number of carboxylic acids is 1. The molecule has 0 amide bonds. The van der Waals surface area contributed by atoms with E-state index in [9.17, 15) is 4.79 Å². The van der Waals surface area contributed by atoms with Gasteiger partial charge in [0.2, 0.25) is 0 Å². The number of aromatic amines is 1. The summed E-state index contributed by atoms with van der Waals surface area (Å²) in [5.74, 6) is 0.0693. The molecule has 1 aromatic heterocycles. The third-order valence-corrected chi connectivity index (χ3v) is 3.33. The monoisotopic (exact) mass is 247 g/mol. The number of H-pyrrole nitrogens is 1. The fraction of sp³-hybridized carbons (Fsp3) is 0.154. The van der Waals surface area contributed by atoms with Crippen molar-refractivity contribution in [2.24, 2.45) is 0 Å². The molecule has 17 heavy (non-hydrogen) atoms. The second kappa shape index (κ2) is 5.59. The normalized spacial score (nSPS) is 10.4. The molecule has 0 atom stereocenters. The highest BCUT2D eigenvalue weighted by atomic mass is 32.2. The van der Waals surface area contributed by atoms with Crippen LogP contribution < -0.4 is 0 Å². The minimum atomic E-state index is -0.813. The molecule has 0 saturated heterocycles. The van der Waals surface area contributed by atoms with E-state index in [1.165, 1.54) is 5.56 Å². The molecular formula is C13H13NO2S. The molecule has 2 N–H and O–H groups in total. The third-order valence-electron chi connectivity index (χ3n) is 2.30. The summed E-state index contributed by atoms with van der Waals surface area (Å²) in [6.45, 7) is 0. The molecule has 0 fully saturated rings. The highest BCUT2D eigenvalue weighted by Gasteiger charge is 2.04. The zero-order chi connectivity index (χ0) is 12.1. The Morgan fingerprint density at radius 2 is 1.94 bits per heavy atom. The van der Waals surface area contributed by atoms with Gasteiger partial charge in [0, 0.05) is 11.4 Å². The summed E-state index contributed by atoms with van der Waals surface area (Å²) in [6.07, 6.45) is 0.0475. The molecule has 4 heteroatoms. The van der Waals surface area contributed by atoms with Crippen LogP contribution in [-0.4, -0.2) is 16.1 Å². The minimum Gasteiger partial charge on any atom is -0.481 e. The van der Waals surface area contributed by atoms with Crippen LogP contribution in [0, 0.1) is 0 Å². The van der Waals surface area contributed by atoms with Crippen molar-refractivity contribution < 1.29 is 9.90 Å². The maximum atomic E-state index is 10.5. The predicted molar refractivity (Wildman–Crippen MR) is 68.1 cm³/mol. The molecule has 2 aromatic rings. The Labute approximate surface area is 104 Å². The van der Waals surface area contributed by atoms with Crippen molar-refractivity contribution in [1.82, 2.24) is 4.98 Å². The Kier molecular flexibility index (Phi) is 3.88. The molecule has 3 nitrogen and oxygen atoms in total. The third kappa shape index (κ3) is 3.67. The molecule has 1 aromatic carbocycles. The Morgan fingerprint density at radius 1 is 1.18 bits per heavy atom. The highest BCUT2D eigenvalue weighted by molar-refractivity contribution is 7.98. The molecule has 0 aliphatic carbocycles. The van der Waals surface area contributed by atoms with Gasteiger partial charge in [-0.25, -0.2) is 0 Å². The summed E-state index contributed by atoms with van der Waals surface area (Å²) in [6, 6.07) is 13.9. The van der Waals surface area contributed by atoms with Gasteiger partial charge in [-0.05, 0) is 17.7 Å². The number of hydrogen-bond acceptors (Lipinski definition) is 2. The van der Waals surface area contributed by atoms with Gasteiger partial charge in [0.15, 0.2) is 0 Å². The Balaban J connectivity index is 1.91. The van der Waals surface area contributed by atoms with Crippen LogP contribution in [0.5, 0.6) is 0 Å². The van der Waals surface area contributed by atoms with E-state index in [0.29, 0.717) is 0 Å². The van der Waals surface area contributed by atoms with E-state index < -0.39 is 5.97 Å². The quantitative estimate of drug-likeness (QED) is 0.799. The number of rotatable bonds is 5. The lowest BCUT2D eigenvalue weighted by atomic mass is 10.2. The molecular weight excluding hydrogens is 234 g/mol. The van der Waals surface area contributed by atoms with Gasteiger partial charge in [0.25, 0.3) is 0 Å². The number of carbonyl (C=O) groups is 1. The molecule has 0 aliphatic rings. The average Bonchev–Trinajstić information content (AvgIpc) is 2.75. The van der Waals surface area contributed by atoms with Crippen molar-refractivity contribution in [2.45, 2.75) is 17.2 Å². The van der Waals surface area contributed by atoms with Crippen molar-refractivity contribution in [3.05, 3.63) is 53.7 Å². The number of aromatic nitrogens is 1. The lowest BCUT2D eigenvalue weighted by Gasteiger charge is -1.99. The minimum absolute atomic E-state index is 0.0475. The van der Waals surface area contributed by atoms with Crippen LogP contribution in [0.25, 0.3) is 0 Å². The number of benzene rings is 1. The summed E-state index contributed by atoms with van der Waals surface area (Å²) in [5.41, 5.74) is 2.00. The van der Waals surface area contributed by atoms with Gasteiger partial charge >= 0.3 is 5.97 Å². The standard InChI is InChI=1S/C13H13NO2S/c15-13(16)8-11-6-7-12(14-11)17-9-10-4-2-1-3-5-10/h1-7,14H,8-9H2,(H,15,16). The average molecular weight is 247 g/mol. The Hall–Kier alpha value is -1.68. The van der Waals surface area contributed by atoms with Gasteiger partial charge in [-0.15, -0.1) is 11.8 Å². The Morgan fingerprint density at radius 3 is 2.65 bits per heavy atom. The number of carboxylic acid groups (broad SMARTS) is 1. The van der Waals surface area contributed by atoms with E-state index in [1.807, 2.05) is 30.3 Å². The van der Waals surface area contributed by atoms with Crippen LogP contribution in [0.15, 0.2) is 47.5 Å². The maximum Gasteiger partial charge on any atom is 0.309 e. The summed E-state index contributed by atoms with van der Waals surface area (Å²) in [5, 5.41) is 9.66. The SMILES string of the molecule is O=C(O)Cc1ccc(SCc2ccccc2)[nH]1. The van der Waals surface area contributed by atoms with E-state index in [4.69, 9.17) is 5.11 Å². The van der Waals surface area contributed by atoms with Crippen LogP contribution in [0.3, 0.4) is 0 Å². The molecule has 0 spiro atoms. The van der Waals surface area contributed by atoms with Crippen LogP contribution in [0.2, 0.25) is 0 Å². The first-order chi connectivity index (χ1) is 8.24. The van der Waals surface area contributed by atoms with E-state index in [-0.39, 0.29) is 6.42 Å². The van der Waals surface area contributed by atoms with Gasteiger partial charge in [0.05, 0.1) is 11.4 Å². The van der Waals surface area contributed by atoms with E-state index in [2.05, 4.69) is 17.1 Å². The first-order valence-electron chi connectivity index (χ1n) is 5.30. The smallest absolute Gasteiger partial charge is 0.309 e. The maximum absolute atomic E-state index is 10.5. The zero-order valence-electron chi connectivity index (χ0n) is 9.22. The fourth-order valence-electron chi connectivity index (χ4n) is 1.50. The number of aliphatic carboxylic acids is 1. The van der Waals surface area contributed by atoms with Crippen LogP contribution in [0.4, 0.5) is 0 Å². The molecule has 0 radical (unpaired) electrons. The second-order valence-corrected chi connectivity index (χ2v) is 4.71. The van der Waals surface area contributed by atoms with E-state index in [0.717, 1.165) is 16.5 Å². The van der Waals surface area contributed by atoms with Gasteiger partial charge in [-0.1, -0.05) is 30.3 Å². The summed E-state index contributed by atoms with van der Waals surface area (Å²) >= 11 is 1.67. The van der Waals surface area contributed by atoms with Crippen molar-refractivity contribution in [3.63, 3.8) is 0 Å². The van der Waals surface area contributed by atoms with Gasteiger partial charge in [0.1, 0.15) is 0 Å². The molecule has 2 rings (SSSR count). The fourth-order valence-corrected chi connectivity index (χ4v) is 2.39. The lowest BCUT2D eigenvalue weighted by molar-refractivity contribution is -0.136. The highest BCUT2D eigenvalue weighted by Crippen LogP contribution is 2.21. The lowest BCUT2D eigenvalue weighted by Crippen LogP contribution is -1.99. The van der Waals surface area contributed by atoms with Gasteiger partial charge < -0.3 is 10.1 Å². The summed E-state index contributed by atoms with van der Waals surface area (Å²) in [4.78, 5) is 13.6. The van der Waals surface area contributed by atoms with E-state index >= 15 is 0 Å². The summed E-state index contributed by atoms with van der Waals surface area (Å²) < 4.78 is 0. The molecule has 88 valence electrons. The van der Waals surface area contributed by atoms with Crippen molar-refractivity contribution in [3.8, 4) is 0 Å². The predicted octanol–water partition coefficient (Wildman–Crippen LogP) is 2.93. The topological polar surface area (TPSA) is 53.1 Å². The number of thioether (sulfide) groups is 1. The first-order valence-corrected chi connectivity index (χ1v) is 6.29. The van der Waals surface area contributed by atoms with Gasteiger partial charge in [-0.2, -0.15) is 0 Å². The van der Waals surface area contributed by atoms with E-state index in [1.54, 1.807) is 11.8 Å². The van der Waals surface area contributed by atoms with Crippen LogP contribution >= 0.6 is 11.8 Å². The van der Waals surface area contributed by atoms with Crippen molar-refractivity contribution in [1.29, 1.82) is 0 Å². The number of hydrogen-bond donors (Lipinski definition) is 2. The van der Waals surface area contributed by atoms with Crippen molar-refractivity contribution >= 4 is 17.7 Å². The summed E-state index contributed by atoms with van der Waals surface area (Å²) in [7, 11) is 0. The van der Waals surface area contributed by atoms with Gasteiger partial charge in [-0.3, -0.25) is 4.79 Å². The molecule has 0 bridgehead atoms. The first kappa shape index (κ1) is 11.8. The van der Waals surface area contributed by atoms with Crippen molar-refractivity contribution in [2.75, 3.05) is 0 Å². The van der Waals surface area contributed by atoms with Crippen LogP contribution in [0.1, 0.15) is 11.3 Å². The molecule has 0 aliphatic heterocycles. The zero-order valence-corrected chi connectivity index (χ0v) is 10.0. The van der Waals surface area contributed by atoms with Crippen LogP contribution in [-0.2, 0) is 17.0 Å². The largest absolute Gasteiger partial charge is 0.481 e. The Bertz CT molecular complexity index is 493. The molecule has 1 heterocycles. The number of nitrogens with one attached hydrogen (secondary N) is 1. The molecule has 0 unspecified atom stereocenters. The molecule has 0 saturated carbocycles.